The number of benzene rings is 1. The number of aromatic hydroxyl groups is 1. The lowest BCUT2D eigenvalue weighted by Gasteiger charge is -2.13. The van der Waals surface area contributed by atoms with E-state index < -0.39 is 0 Å². The van der Waals surface area contributed by atoms with Crippen molar-refractivity contribution in [1.82, 2.24) is 14.8 Å². The van der Waals surface area contributed by atoms with Crippen molar-refractivity contribution < 1.29 is 5.11 Å². The van der Waals surface area contributed by atoms with E-state index in [4.69, 9.17) is 5.73 Å². The van der Waals surface area contributed by atoms with Gasteiger partial charge in [0.05, 0.1) is 11.9 Å². The Morgan fingerprint density at radius 3 is 2.81 bits per heavy atom. The molecule has 3 N–H and O–H groups in total. The van der Waals surface area contributed by atoms with E-state index in [1.54, 1.807) is 12.1 Å². The van der Waals surface area contributed by atoms with Gasteiger partial charge in [0.15, 0.2) is 0 Å². The van der Waals surface area contributed by atoms with Gasteiger partial charge in [0.2, 0.25) is 0 Å². The molecular weight excluding hydrogens is 326 g/mol. The number of aryl methyl sites for hydroxylation is 1. The number of nitrogen functional groups attached to an aromatic ring is 1. The third kappa shape index (κ3) is 1.91. The zero-order valence-corrected chi connectivity index (χ0v) is 14.3. The first-order valence-corrected chi connectivity index (χ1v) is 8.66. The maximum atomic E-state index is 10.3. The number of hydrogen-bond acceptors (Lipinski definition) is 5. The lowest BCUT2D eigenvalue weighted by Crippen LogP contribution is -2.04. The first-order valence-electron chi connectivity index (χ1n) is 8.66. The average Bonchev–Trinajstić information content (AvgIpc) is 3.29. The summed E-state index contributed by atoms with van der Waals surface area (Å²) < 4.78 is 1.90. The SMILES string of the molecule is Cn1ncc(-c2c(C#N)c(N)nc3c2Cc2c(O)cccc2-3)c1C1CC1. The van der Waals surface area contributed by atoms with E-state index in [0.717, 1.165) is 52.0 Å². The van der Waals surface area contributed by atoms with Crippen LogP contribution in [-0.4, -0.2) is 19.9 Å². The third-order valence-corrected chi connectivity index (χ3v) is 5.42. The summed E-state index contributed by atoms with van der Waals surface area (Å²) in [5, 5.41) is 24.5. The normalized spacial score (nSPS) is 14.8. The summed E-state index contributed by atoms with van der Waals surface area (Å²) in [6.07, 6.45) is 4.64. The summed E-state index contributed by atoms with van der Waals surface area (Å²) in [4.78, 5) is 4.51. The maximum Gasteiger partial charge on any atom is 0.142 e. The molecule has 6 heteroatoms. The molecule has 3 aromatic rings. The van der Waals surface area contributed by atoms with Crippen LogP contribution in [0.2, 0.25) is 0 Å². The van der Waals surface area contributed by atoms with Crippen molar-refractivity contribution in [2.24, 2.45) is 7.05 Å². The third-order valence-electron chi connectivity index (χ3n) is 5.42. The van der Waals surface area contributed by atoms with Crippen LogP contribution in [0.25, 0.3) is 22.4 Å². The molecule has 0 amide bonds. The molecule has 5 rings (SSSR count). The number of phenolic OH excluding ortho intramolecular Hbond substituents is 1. The van der Waals surface area contributed by atoms with Crippen molar-refractivity contribution in [3.63, 3.8) is 0 Å². The Morgan fingerprint density at radius 2 is 2.08 bits per heavy atom. The van der Waals surface area contributed by atoms with Gasteiger partial charge in [-0.25, -0.2) is 4.98 Å². The zero-order chi connectivity index (χ0) is 18.0. The number of aromatic nitrogens is 3. The molecule has 128 valence electrons. The molecule has 2 heterocycles. The highest BCUT2D eigenvalue weighted by Gasteiger charge is 2.34. The smallest absolute Gasteiger partial charge is 0.142 e. The van der Waals surface area contributed by atoms with Crippen LogP contribution in [0.5, 0.6) is 5.75 Å². The highest BCUT2D eigenvalue weighted by molar-refractivity contribution is 5.89. The molecule has 26 heavy (non-hydrogen) atoms. The first kappa shape index (κ1) is 15.0. The van der Waals surface area contributed by atoms with Crippen LogP contribution in [0.3, 0.4) is 0 Å². The average molecular weight is 343 g/mol. The van der Waals surface area contributed by atoms with Gasteiger partial charge in [-0.2, -0.15) is 10.4 Å². The molecule has 2 aliphatic carbocycles. The molecule has 6 nitrogen and oxygen atoms in total. The predicted octanol–water partition coefficient (Wildman–Crippen LogP) is 3.09. The topological polar surface area (TPSA) is 101 Å². The number of nitriles is 1. The first-order chi connectivity index (χ1) is 12.6. The number of hydrogen-bond donors (Lipinski definition) is 2. The molecule has 1 aromatic carbocycles. The molecular formula is C20H17N5O. The second kappa shape index (κ2) is 5.09. The van der Waals surface area contributed by atoms with E-state index in [2.05, 4.69) is 16.2 Å². The van der Waals surface area contributed by atoms with Crippen molar-refractivity contribution in [3.05, 3.63) is 46.8 Å². The summed E-state index contributed by atoms with van der Waals surface area (Å²) >= 11 is 0. The van der Waals surface area contributed by atoms with E-state index in [1.165, 1.54) is 0 Å². The van der Waals surface area contributed by atoms with Gasteiger partial charge in [-0.15, -0.1) is 0 Å². The standard InChI is InChI=1S/C20H17N5O/c1-25-19(10-5-6-10)15(9-23-25)17-13-7-12-11(3-2-4-16(12)26)18(13)24-20(22)14(17)8-21/h2-4,9-10,26H,5-7H2,1H3,(H2,22,24). The van der Waals surface area contributed by atoms with Gasteiger partial charge in [-0.05, 0) is 24.5 Å². The molecule has 2 aromatic heterocycles. The van der Waals surface area contributed by atoms with Crippen molar-refractivity contribution in [1.29, 1.82) is 5.26 Å². The predicted molar refractivity (Wildman–Crippen MR) is 97.4 cm³/mol. The fourth-order valence-electron chi connectivity index (χ4n) is 4.09. The Morgan fingerprint density at radius 1 is 1.27 bits per heavy atom. The molecule has 0 unspecified atom stereocenters. The lowest BCUT2D eigenvalue weighted by molar-refractivity contribution is 0.470. The van der Waals surface area contributed by atoms with Gasteiger partial charge in [0.1, 0.15) is 23.2 Å². The second-order valence-corrected chi connectivity index (χ2v) is 7.01. The summed E-state index contributed by atoms with van der Waals surface area (Å²) in [6.45, 7) is 0. The summed E-state index contributed by atoms with van der Waals surface area (Å²) in [5.41, 5.74) is 12.9. The Balaban J connectivity index is 1.84. The van der Waals surface area contributed by atoms with Crippen LogP contribution in [0.1, 0.15) is 41.1 Å². The molecule has 0 atom stereocenters. The van der Waals surface area contributed by atoms with Crippen LogP contribution in [0.15, 0.2) is 24.4 Å². The summed E-state index contributed by atoms with van der Waals surface area (Å²) in [6, 6.07) is 7.66. The van der Waals surface area contributed by atoms with E-state index in [-0.39, 0.29) is 11.6 Å². The quantitative estimate of drug-likeness (QED) is 0.582. The summed E-state index contributed by atoms with van der Waals surface area (Å²) in [5.74, 6) is 0.950. The number of phenols is 1. The fraction of sp³-hybridized carbons (Fsp3) is 0.250. The maximum absolute atomic E-state index is 10.3. The molecule has 1 fully saturated rings. The van der Waals surface area contributed by atoms with E-state index in [0.29, 0.717) is 17.9 Å². The Bertz CT molecular complexity index is 1120. The second-order valence-electron chi connectivity index (χ2n) is 7.01. The molecule has 0 aliphatic heterocycles. The van der Waals surface area contributed by atoms with Gasteiger partial charge < -0.3 is 10.8 Å². The lowest BCUT2D eigenvalue weighted by atomic mass is 9.93. The van der Waals surface area contributed by atoms with Gasteiger partial charge in [-0.1, -0.05) is 12.1 Å². The Hall–Kier alpha value is -3.33. The van der Waals surface area contributed by atoms with E-state index in [9.17, 15) is 10.4 Å². The van der Waals surface area contributed by atoms with Gasteiger partial charge in [0.25, 0.3) is 0 Å². The highest BCUT2D eigenvalue weighted by atomic mass is 16.3. The molecule has 0 spiro atoms. The van der Waals surface area contributed by atoms with Crippen LogP contribution >= 0.6 is 0 Å². The number of anilines is 1. The van der Waals surface area contributed by atoms with Gasteiger partial charge in [-0.3, -0.25) is 4.68 Å². The molecule has 2 aliphatic rings. The highest BCUT2D eigenvalue weighted by Crippen LogP contribution is 2.49. The van der Waals surface area contributed by atoms with Crippen LogP contribution in [0, 0.1) is 11.3 Å². The number of nitrogens with two attached hydrogens (primary N) is 1. The molecule has 1 saturated carbocycles. The Labute approximate surface area is 150 Å². The van der Waals surface area contributed by atoms with Crippen molar-refractivity contribution >= 4 is 5.82 Å². The summed E-state index contributed by atoms with van der Waals surface area (Å²) in [7, 11) is 1.94. The van der Waals surface area contributed by atoms with Crippen LogP contribution in [0.4, 0.5) is 5.82 Å². The number of rotatable bonds is 2. The fourth-order valence-corrected chi connectivity index (χ4v) is 4.09. The number of nitrogens with zero attached hydrogens (tertiary/aromatic N) is 4. The minimum absolute atomic E-state index is 0.225. The Kier molecular flexibility index (Phi) is 2.93. The monoisotopic (exact) mass is 343 g/mol. The van der Waals surface area contributed by atoms with Gasteiger partial charge >= 0.3 is 0 Å². The van der Waals surface area contributed by atoms with Crippen molar-refractivity contribution in [3.8, 4) is 34.2 Å². The molecule has 0 radical (unpaired) electrons. The number of fused-ring (bicyclic) bond motifs is 3. The zero-order valence-electron chi connectivity index (χ0n) is 14.3. The van der Waals surface area contributed by atoms with E-state index >= 15 is 0 Å². The number of pyridine rings is 1. The van der Waals surface area contributed by atoms with Crippen LogP contribution in [-0.2, 0) is 13.5 Å². The van der Waals surface area contributed by atoms with Crippen molar-refractivity contribution in [2.45, 2.75) is 25.2 Å². The largest absolute Gasteiger partial charge is 0.508 e. The van der Waals surface area contributed by atoms with E-state index in [1.807, 2.05) is 24.0 Å². The molecule has 0 saturated heterocycles. The van der Waals surface area contributed by atoms with Gasteiger partial charge in [0, 0.05) is 47.3 Å². The van der Waals surface area contributed by atoms with Crippen LogP contribution < -0.4 is 5.73 Å². The van der Waals surface area contributed by atoms with Crippen molar-refractivity contribution in [2.75, 3.05) is 5.73 Å². The molecule has 0 bridgehead atoms. The minimum atomic E-state index is 0.225. The minimum Gasteiger partial charge on any atom is -0.508 e.